The van der Waals surface area contributed by atoms with Crippen LogP contribution in [0.3, 0.4) is 0 Å². The highest BCUT2D eigenvalue weighted by atomic mass is 16.5. The number of hydrogen-bond donors (Lipinski definition) is 1. The lowest BCUT2D eigenvalue weighted by Crippen LogP contribution is -2.49. The highest BCUT2D eigenvalue weighted by molar-refractivity contribution is 5.78. The molecule has 0 radical (unpaired) electrons. The smallest absolute Gasteiger partial charge is 0.236 e. The fraction of sp³-hybridized carbons (Fsp3) is 0.429. The summed E-state index contributed by atoms with van der Waals surface area (Å²) in [6.45, 7) is 3.33. The Hall–Kier alpha value is -2.64. The molecule has 1 aliphatic heterocycles. The number of para-hydroxylation sites is 1. The molecule has 1 unspecified atom stereocenters. The molecule has 0 spiro atoms. The Morgan fingerprint density at radius 2 is 2.14 bits per heavy atom. The molecule has 7 nitrogen and oxygen atoms in total. The first-order chi connectivity index (χ1) is 13.6. The molecule has 2 aromatic rings. The van der Waals surface area contributed by atoms with E-state index >= 15 is 0 Å². The predicted octanol–water partition coefficient (Wildman–Crippen LogP) is 1.70. The molecule has 2 heterocycles. The Morgan fingerprint density at radius 1 is 1.29 bits per heavy atom. The minimum absolute atomic E-state index is 0.0701. The first-order valence-corrected chi connectivity index (χ1v) is 9.42. The Morgan fingerprint density at radius 3 is 2.86 bits per heavy atom. The highest BCUT2D eigenvalue weighted by Crippen LogP contribution is 2.31. The molecule has 0 aliphatic carbocycles. The van der Waals surface area contributed by atoms with Gasteiger partial charge < -0.3 is 19.7 Å². The summed E-state index contributed by atoms with van der Waals surface area (Å²) >= 11 is 0. The van der Waals surface area contributed by atoms with Gasteiger partial charge in [-0.2, -0.15) is 0 Å². The van der Waals surface area contributed by atoms with Gasteiger partial charge in [0.2, 0.25) is 5.91 Å². The Kier molecular flexibility index (Phi) is 6.84. The van der Waals surface area contributed by atoms with Crippen molar-refractivity contribution in [3.05, 3.63) is 53.9 Å². The Bertz CT molecular complexity index is 784. The van der Waals surface area contributed by atoms with Gasteiger partial charge in [0.1, 0.15) is 0 Å². The maximum Gasteiger partial charge on any atom is 0.236 e. The highest BCUT2D eigenvalue weighted by Gasteiger charge is 2.27. The van der Waals surface area contributed by atoms with E-state index in [0.29, 0.717) is 24.6 Å². The van der Waals surface area contributed by atoms with Crippen LogP contribution in [-0.2, 0) is 11.3 Å². The molecule has 1 aromatic carbocycles. The molecule has 1 saturated heterocycles. The van der Waals surface area contributed by atoms with E-state index in [4.69, 9.17) is 9.47 Å². The average molecular weight is 384 g/mol. The zero-order chi connectivity index (χ0) is 19.9. The number of hydrogen-bond acceptors (Lipinski definition) is 6. The van der Waals surface area contributed by atoms with Gasteiger partial charge in [-0.25, -0.2) is 0 Å². The molecule has 1 aliphatic rings. The van der Waals surface area contributed by atoms with Crippen LogP contribution >= 0.6 is 0 Å². The molecule has 7 heteroatoms. The number of carbonyl (C=O) groups is 1. The number of benzene rings is 1. The molecule has 0 saturated carbocycles. The van der Waals surface area contributed by atoms with Gasteiger partial charge in [-0.15, -0.1) is 0 Å². The van der Waals surface area contributed by atoms with Gasteiger partial charge >= 0.3 is 0 Å². The van der Waals surface area contributed by atoms with E-state index in [1.54, 1.807) is 25.3 Å². The van der Waals surface area contributed by atoms with E-state index in [1.165, 1.54) is 0 Å². The van der Waals surface area contributed by atoms with Crippen LogP contribution in [0.4, 0.5) is 0 Å². The summed E-state index contributed by atoms with van der Waals surface area (Å²) < 4.78 is 10.8. The summed E-state index contributed by atoms with van der Waals surface area (Å²) in [5, 5.41) is 3.41. The van der Waals surface area contributed by atoms with Crippen molar-refractivity contribution in [2.24, 2.45) is 0 Å². The SMILES string of the molecule is COc1cccc(CN(C)C(=O)CN2CCNCC2c2cccnc2)c1OC. The molecule has 1 atom stereocenters. The maximum atomic E-state index is 12.9. The number of amides is 1. The van der Waals surface area contributed by atoms with Crippen molar-refractivity contribution in [2.75, 3.05) is 47.4 Å². The van der Waals surface area contributed by atoms with Crippen molar-refractivity contribution in [2.45, 2.75) is 12.6 Å². The summed E-state index contributed by atoms with van der Waals surface area (Å²) in [6, 6.07) is 9.85. The molecule has 0 bridgehead atoms. The molecule has 3 rings (SSSR count). The second-order valence-corrected chi connectivity index (χ2v) is 6.88. The predicted molar refractivity (Wildman–Crippen MR) is 107 cm³/mol. The van der Waals surface area contributed by atoms with Crippen LogP contribution in [0.1, 0.15) is 17.2 Å². The van der Waals surface area contributed by atoms with E-state index < -0.39 is 0 Å². The fourth-order valence-electron chi connectivity index (χ4n) is 3.55. The summed E-state index contributed by atoms with van der Waals surface area (Å²) in [5.74, 6) is 1.40. The molecule has 28 heavy (non-hydrogen) atoms. The molecule has 150 valence electrons. The van der Waals surface area contributed by atoms with E-state index in [2.05, 4.69) is 21.3 Å². The number of likely N-dealkylation sites (N-methyl/N-ethyl adjacent to an activating group) is 1. The van der Waals surface area contributed by atoms with Gasteiger partial charge in [-0.3, -0.25) is 14.7 Å². The quantitative estimate of drug-likeness (QED) is 0.784. The van der Waals surface area contributed by atoms with Gasteiger partial charge in [-0.05, 0) is 17.7 Å². The lowest BCUT2D eigenvalue weighted by Gasteiger charge is -2.36. The first-order valence-electron chi connectivity index (χ1n) is 9.42. The first kappa shape index (κ1) is 20.1. The van der Waals surface area contributed by atoms with E-state index in [1.807, 2.05) is 37.5 Å². The van der Waals surface area contributed by atoms with Crippen LogP contribution in [0.2, 0.25) is 0 Å². The maximum absolute atomic E-state index is 12.9. The number of methoxy groups -OCH3 is 2. The van der Waals surface area contributed by atoms with E-state index in [9.17, 15) is 4.79 Å². The second kappa shape index (κ2) is 9.52. The average Bonchev–Trinajstić information content (AvgIpc) is 2.74. The molecule has 1 N–H and O–H groups in total. The number of piperazine rings is 1. The minimum Gasteiger partial charge on any atom is -0.493 e. The van der Waals surface area contributed by atoms with Crippen molar-refractivity contribution in [1.29, 1.82) is 0 Å². The standard InChI is InChI=1S/C21H28N4O3/c1-24(14-17-6-4-8-19(27-2)21(17)28-3)20(26)15-25-11-10-23-13-18(25)16-7-5-9-22-12-16/h4-9,12,18,23H,10-11,13-15H2,1-3H3. The molecular formula is C21H28N4O3. The van der Waals surface area contributed by atoms with Crippen molar-refractivity contribution in [1.82, 2.24) is 20.1 Å². The summed E-state index contributed by atoms with van der Waals surface area (Å²) in [7, 11) is 5.05. The molecule has 1 amide bonds. The van der Waals surface area contributed by atoms with Gasteiger partial charge in [0.15, 0.2) is 11.5 Å². The minimum atomic E-state index is 0.0701. The van der Waals surface area contributed by atoms with Crippen LogP contribution in [0, 0.1) is 0 Å². The number of rotatable bonds is 7. The van der Waals surface area contributed by atoms with Crippen LogP contribution in [-0.4, -0.2) is 68.1 Å². The molecule has 1 aromatic heterocycles. The summed E-state index contributed by atoms with van der Waals surface area (Å²) in [5.41, 5.74) is 2.04. The third-order valence-corrected chi connectivity index (χ3v) is 5.08. The van der Waals surface area contributed by atoms with Crippen molar-refractivity contribution >= 4 is 5.91 Å². The second-order valence-electron chi connectivity index (χ2n) is 6.88. The Labute approximate surface area is 166 Å². The third-order valence-electron chi connectivity index (χ3n) is 5.08. The lowest BCUT2D eigenvalue weighted by atomic mass is 10.1. The van der Waals surface area contributed by atoms with Gasteiger partial charge in [0, 0.05) is 57.2 Å². The number of aromatic nitrogens is 1. The van der Waals surface area contributed by atoms with E-state index in [-0.39, 0.29) is 11.9 Å². The van der Waals surface area contributed by atoms with Crippen LogP contribution < -0.4 is 14.8 Å². The lowest BCUT2D eigenvalue weighted by molar-refractivity contribution is -0.132. The van der Waals surface area contributed by atoms with E-state index in [0.717, 1.165) is 30.8 Å². The number of carbonyl (C=O) groups excluding carboxylic acids is 1. The van der Waals surface area contributed by atoms with Gasteiger partial charge in [0.05, 0.1) is 20.8 Å². The third kappa shape index (κ3) is 4.61. The van der Waals surface area contributed by atoms with Crippen LogP contribution in [0.25, 0.3) is 0 Å². The van der Waals surface area contributed by atoms with Crippen molar-refractivity contribution < 1.29 is 14.3 Å². The zero-order valence-electron chi connectivity index (χ0n) is 16.7. The normalized spacial score (nSPS) is 17.2. The van der Waals surface area contributed by atoms with Crippen LogP contribution in [0.15, 0.2) is 42.7 Å². The zero-order valence-corrected chi connectivity index (χ0v) is 16.7. The molecule has 1 fully saturated rings. The van der Waals surface area contributed by atoms with Gasteiger partial charge in [0.25, 0.3) is 0 Å². The number of nitrogens with one attached hydrogen (secondary N) is 1. The van der Waals surface area contributed by atoms with Gasteiger partial charge in [-0.1, -0.05) is 18.2 Å². The number of nitrogens with zero attached hydrogens (tertiary/aromatic N) is 3. The number of pyridine rings is 1. The topological polar surface area (TPSA) is 66.9 Å². The largest absolute Gasteiger partial charge is 0.493 e. The monoisotopic (exact) mass is 384 g/mol. The number of ether oxygens (including phenoxy) is 2. The van der Waals surface area contributed by atoms with Crippen molar-refractivity contribution in [3.8, 4) is 11.5 Å². The Balaban J connectivity index is 1.68. The van der Waals surface area contributed by atoms with Crippen molar-refractivity contribution in [3.63, 3.8) is 0 Å². The summed E-state index contributed by atoms with van der Waals surface area (Å²) in [6.07, 6.45) is 3.64. The summed E-state index contributed by atoms with van der Waals surface area (Å²) in [4.78, 5) is 21.1. The molecular weight excluding hydrogens is 356 g/mol. The van der Waals surface area contributed by atoms with Crippen LogP contribution in [0.5, 0.6) is 11.5 Å². The fourth-order valence-corrected chi connectivity index (χ4v) is 3.55.